The first-order valence-electron chi connectivity index (χ1n) is 6.88. The lowest BCUT2D eigenvalue weighted by Gasteiger charge is -2.21. The predicted octanol–water partition coefficient (Wildman–Crippen LogP) is 1.31. The summed E-state index contributed by atoms with van der Waals surface area (Å²) >= 11 is 0. The van der Waals surface area contributed by atoms with Gasteiger partial charge in [-0.05, 0) is 24.2 Å². The highest BCUT2D eigenvalue weighted by atomic mass is 16.5. The van der Waals surface area contributed by atoms with E-state index in [-0.39, 0.29) is 23.7 Å². The number of carbonyl (C=O) groups excluding carboxylic acids is 2. The summed E-state index contributed by atoms with van der Waals surface area (Å²) < 4.78 is 4.68. The number of hydrogen-bond acceptors (Lipinski definition) is 4. The molecule has 0 saturated carbocycles. The summed E-state index contributed by atoms with van der Waals surface area (Å²) in [6.07, 6.45) is 1.19. The van der Waals surface area contributed by atoms with Gasteiger partial charge in [0.1, 0.15) is 0 Å². The van der Waals surface area contributed by atoms with E-state index in [1.54, 1.807) is 0 Å². The van der Waals surface area contributed by atoms with Gasteiger partial charge in [-0.15, -0.1) is 0 Å². The number of nitrogens with two attached hydrogens (primary N) is 1. The summed E-state index contributed by atoms with van der Waals surface area (Å²) in [7, 11) is 1.38. The maximum Gasteiger partial charge on any atom is 0.305 e. The van der Waals surface area contributed by atoms with Gasteiger partial charge in [0, 0.05) is 13.0 Å². The molecule has 0 bridgehead atoms. The Morgan fingerprint density at radius 1 is 1.21 bits per heavy atom. The fraction of sp³-hybridized carbons (Fsp3) is 0.857. The van der Waals surface area contributed by atoms with Crippen LogP contribution in [0.1, 0.15) is 40.5 Å². The number of carbonyl (C=O) groups is 2. The molecule has 0 aliphatic carbocycles. The molecule has 0 aliphatic rings. The largest absolute Gasteiger partial charge is 0.469 e. The Hall–Kier alpha value is -1.10. The van der Waals surface area contributed by atoms with Crippen LogP contribution in [0.4, 0.5) is 0 Å². The zero-order valence-electron chi connectivity index (χ0n) is 12.7. The van der Waals surface area contributed by atoms with Gasteiger partial charge in [0.25, 0.3) is 0 Å². The number of methoxy groups -OCH3 is 1. The van der Waals surface area contributed by atoms with Crippen LogP contribution < -0.4 is 11.1 Å². The Morgan fingerprint density at radius 3 is 2.21 bits per heavy atom. The Balaban J connectivity index is 4.32. The van der Waals surface area contributed by atoms with E-state index in [0.29, 0.717) is 18.9 Å². The van der Waals surface area contributed by atoms with E-state index in [0.717, 1.165) is 6.42 Å². The van der Waals surface area contributed by atoms with Crippen molar-refractivity contribution in [3.8, 4) is 0 Å². The van der Waals surface area contributed by atoms with Crippen LogP contribution in [0.15, 0.2) is 0 Å². The molecule has 0 fully saturated rings. The summed E-state index contributed by atoms with van der Waals surface area (Å²) in [6.45, 7) is 8.46. The maximum absolute atomic E-state index is 11.8. The van der Waals surface area contributed by atoms with Gasteiger partial charge in [-0.1, -0.05) is 27.7 Å². The van der Waals surface area contributed by atoms with Crippen LogP contribution in [0.5, 0.6) is 0 Å². The minimum atomic E-state index is -0.502. The van der Waals surface area contributed by atoms with Crippen molar-refractivity contribution in [1.29, 1.82) is 0 Å². The van der Waals surface area contributed by atoms with Crippen molar-refractivity contribution in [1.82, 2.24) is 5.32 Å². The fourth-order valence-electron chi connectivity index (χ4n) is 1.89. The Kier molecular flexibility index (Phi) is 8.39. The fourth-order valence-corrected chi connectivity index (χ4v) is 1.89. The normalized spacial score (nSPS) is 14.3. The second kappa shape index (κ2) is 8.91. The van der Waals surface area contributed by atoms with Crippen LogP contribution in [-0.2, 0) is 14.3 Å². The molecule has 0 aromatic heterocycles. The lowest BCUT2D eigenvalue weighted by atomic mass is 9.94. The second-order valence-electron chi connectivity index (χ2n) is 5.79. The molecule has 5 nitrogen and oxygen atoms in total. The molecular formula is C14H28N2O3. The monoisotopic (exact) mass is 272 g/mol. The molecule has 0 spiro atoms. The summed E-state index contributed by atoms with van der Waals surface area (Å²) in [5.41, 5.74) is 5.77. The van der Waals surface area contributed by atoms with Crippen molar-refractivity contribution in [2.75, 3.05) is 13.7 Å². The van der Waals surface area contributed by atoms with Crippen molar-refractivity contribution >= 4 is 11.9 Å². The predicted molar refractivity (Wildman–Crippen MR) is 75.4 cm³/mol. The van der Waals surface area contributed by atoms with E-state index in [4.69, 9.17) is 5.73 Å². The maximum atomic E-state index is 11.8. The second-order valence-corrected chi connectivity index (χ2v) is 5.79. The topological polar surface area (TPSA) is 81.4 Å². The van der Waals surface area contributed by atoms with E-state index < -0.39 is 6.04 Å². The van der Waals surface area contributed by atoms with Crippen LogP contribution in [0.2, 0.25) is 0 Å². The number of esters is 1. The molecule has 5 heteroatoms. The zero-order valence-corrected chi connectivity index (χ0v) is 12.7. The molecule has 112 valence electrons. The number of rotatable bonds is 8. The van der Waals surface area contributed by atoms with Crippen LogP contribution in [0.25, 0.3) is 0 Å². The highest BCUT2D eigenvalue weighted by molar-refractivity contribution is 5.81. The van der Waals surface area contributed by atoms with Crippen molar-refractivity contribution in [2.45, 2.75) is 46.6 Å². The Bertz CT molecular complexity index is 290. The molecule has 0 rings (SSSR count). The molecule has 3 N–H and O–H groups in total. The highest BCUT2D eigenvalue weighted by Gasteiger charge is 2.20. The van der Waals surface area contributed by atoms with Gasteiger partial charge in [0.15, 0.2) is 0 Å². The van der Waals surface area contributed by atoms with E-state index in [2.05, 4.69) is 23.9 Å². The van der Waals surface area contributed by atoms with Gasteiger partial charge in [-0.25, -0.2) is 0 Å². The zero-order chi connectivity index (χ0) is 15.0. The van der Waals surface area contributed by atoms with E-state index >= 15 is 0 Å². The van der Waals surface area contributed by atoms with Gasteiger partial charge < -0.3 is 15.8 Å². The molecule has 2 atom stereocenters. The summed E-state index contributed by atoms with van der Waals surface area (Å²) in [5.74, 6) is 0.256. The molecule has 0 aliphatic heterocycles. The standard InChI is InChI=1S/C14H28N2O3/c1-9(2)6-11(7-12(17)19-5)8-16-14(18)13(15)10(3)4/h9-11,13H,6-8,15H2,1-5H3,(H,16,18)/t11-,13?/m0/s1. The summed E-state index contributed by atoms with van der Waals surface area (Å²) in [5, 5.41) is 2.83. The molecule has 19 heavy (non-hydrogen) atoms. The average molecular weight is 272 g/mol. The third-order valence-electron chi connectivity index (χ3n) is 3.07. The minimum Gasteiger partial charge on any atom is -0.469 e. The number of ether oxygens (including phenoxy) is 1. The van der Waals surface area contributed by atoms with E-state index in [1.807, 2.05) is 13.8 Å². The van der Waals surface area contributed by atoms with Crippen LogP contribution in [0.3, 0.4) is 0 Å². The molecular weight excluding hydrogens is 244 g/mol. The number of amides is 1. The van der Waals surface area contributed by atoms with Crippen LogP contribution >= 0.6 is 0 Å². The van der Waals surface area contributed by atoms with Crippen molar-refractivity contribution in [3.63, 3.8) is 0 Å². The van der Waals surface area contributed by atoms with Crippen LogP contribution in [0, 0.1) is 17.8 Å². The first-order chi connectivity index (χ1) is 8.77. The van der Waals surface area contributed by atoms with Crippen molar-refractivity contribution in [3.05, 3.63) is 0 Å². The van der Waals surface area contributed by atoms with Gasteiger partial charge in [0.2, 0.25) is 5.91 Å². The summed E-state index contributed by atoms with van der Waals surface area (Å²) in [6, 6.07) is -0.502. The minimum absolute atomic E-state index is 0.0933. The third kappa shape index (κ3) is 7.82. The molecule has 0 radical (unpaired) electrons. The molecule has 1 unspecified atom stereocenters. The lowest BCUT2D eigenvalue weighted by molar-refractivity contribution is -0.142. The van der Waals surface area contributed by atoms with E-state index in [9.17, 15) is 9.59 Å². The molecule has 1 amide bonds. The van der Waals surface area contributed by atoms with E-state index in [1.165, 1.54) is 7.11 Å². The van der Waals surface area contributed by atoms with Gasteiger partial charge >= 0.3 is 5.97 Å². The first kappa shape index (κ1) is 17.9. The molecule has 0 saturated heterocycles. The quantitative estimate of drug-likeness (QED) is 0.653. The molecule has 0 aromatic rings. The van der Waals surface area contributed by atoms with Gasteiger partial charge in [-0.2, -0.15) is 0 Å². The van der Waals surface area contributed by atoms with Gasteiger partial charge in [-0.3, -0.25) is 9.59 Å². The van der Waals surface area contributed by atoms with Crippen molar-refractivity contribution < 1.29 is 14.3 Å². The Labute approximate surface area is 116 Å². The number of nitrogens with one attached hydrogen (secondary N) is 1. The van der Waals surface area contributed by atoms with Crippen molar-refractivity contribution in [2.24, 2.45) is 23.5 Å². The van der Waals surface area contributed by atoms with Gasteiger partial charge in [0.05, 0.1) is 13.2 Å². The molecule has 0 aromatic carbocycles. The number of hydrogen-bond donors (Lipinski definition) is 2. The average Bonchev–Trinajstić information content (AvgIpc) is 2.33. The third-order valence-corrected chi connectivity index (χ3v) is 3.07. The Morgan fingerprint density at radius 2 is 1.79 bits per heavy atom. The SMILES string of the molecule is COC(=O)C[C@@H](CNC(=O)C(N)C(C)C)CC(C)C. The highest BCUT2D eigenvalue weighted by Crippen LogP contribution is 2.15. The smallest absolute Gasteiger partial charge is 0.305 e. The van der Waals surface area contributed by atoms with Crippen LogP contribution in [-0.4, -0.2) is 31.6 Å². The summed E-state index contributed by atoms with van der Waals surface area (Å²) in [4.78, 5) is 23.1. The first-order valence-corrected chi connectivity index (χ1v) is 6.88. The lowest BCUT2D eigenvalue weighted by Crippen LogP contribution is -2.45. The molecule has 0 heterocycles.